The molecule has 1 heterocycles. The van der Waals surface area contributed by atoms with Gasteiger partial charge in [-0.15, -0.1) is 0 Å². The Bertz CT molecular complexity index is 1280. The molecule has 4 rings (SSSR count). The largest absolute Gasteiger partial charge is 0.395 e. The van der Waals surface area contributed by atoms with E-state index < -0.39 is 34.2 Å². The second kappa shape index (κ2) is 11.1. The maximum Gasteiger partial charge on any atom is 0.175 e. The fraction of sp³-hybridized carbons (Fsp3) is 0.333. The minimum Gasteiger partial charge on any atom is -0.395 e. The number of β-amino-alcohol motifs (C(OH)–C–C–N with tert-alkyl or cyclic N) is 1. The summed E-state index contributed by atoms with van der Waals surface area (Å²) < 4.78 is 24.6. The van der Waals surface area contributed by atoms with Gasteiger partial charge in [0, 0.05) is 31.6 Å². The van der Waals surface area contributed by atoms with E-state index in [0.29, 0.717) is 18.8 Å². The lowest BCUT2D eigenvalue weighted by Crippen LogP contribution is -2.62. The van der Waals surface area contributed by atoms with Gasteiger partial charge in [-0.1, -0.05) is 54.6 Å². The average Bonchev–Trinajstić information content (AvgIpc) is 2.86. The number of rotatable bonds is 8. The zero-order chi connectivity index (χ0) is 25.9. The predicted octanol–water partition coefficient (Wildman–Crippen LogP) is 1.63. The number of anilines is 1. The summed E-state index contributed by atoms with van der Waals surface area (Å²) in [6.07, 6.45) is -2.45. The first kappa shape index (κ1) is 26.3. The third-order valence-electron chi connectivity index (χ3n) is 6.53. The van der Waals surface area contributed by atoms with Gasteiger partial charge in [0.15, 0.2) is 9.84 Å². The van der Waals surface area contributed by atoms with Crippen LogP contribution >= 0.6 is 0 Å². The van der Waals surface area contributed by atoms with Crippen molar-refractivity contribution in [1.29, 1.82) is 0 Å². The minimum absolute atomic E-state index is 0.131. The van der Waals surface area contributed by atoms with Gasteiger partial charge in [0.1, 0.15) is 12.2 Å². The number of nitrogens with one attached hydrogen (secondary N) is 1. The first-order valence-electron chi connectivity index (χ1n) is 11.8. The summed E-state index contributed by atoms with van der Waals surface area (Å²) in [5.74, 6) is 0. The van der Waals surface area contributed by atoms with Crippen LogP contribution in [0.15, 0.2) is 77.7 Å². The maximum atomic E-state index is 12.3. The molecule has 0 radical (unpaired) electrons. The zero-order valence-electron chi connectivity index (χ0n) is 20.0. The predicted molar refractivity (Wildman–Crippen MR) is 138 cm³/mol. The van der Waals surface area contributed by atoms with Crippen molar-refractivity contribution in [2.75, 3.05) is 24.7 Å². The van der Waals surface area contributed by atoms with Gasteiger partial charge in [0.05, 0.1) is 23.6 Å². The Kier molecular flexibility index (Phi) is 8.09. The van der Waals surface area contributed by atoms with Gasteiger partial charge in [-0.3, -0.25) is 4.90 Å². The van der Waals surface area contributed by atoms with E-state index in [9.17, 15) is 28.8 Å². The van der Waals surface area contributed by atoms with Crippen LogP contribution in [0.3, 0.4) is 0 Å². The van der Waals surface area contributed by atoms with Crippen LogP contribution < -0.4 is 5.32 Å². The SMILES string of the molecule is CS(=O)(=O)c1cc(NCc2cccc(CN3C[C@H](O)[C@@H](O)[C@H](O)[C@H]3CO)c2)cc(-c2ccccc2)c1. The molecule has 0 amide bonds. The van der Waals surface area contributed by atoms with Gasteiger partial charge >= 0.3 is 0 Å². The highest BCUT2D eigenvalue weighted by atomic mass is 32.2. The Morgan fingerprint density at radius 3 is 2.31 bits per heavy atom. The Morgan fingerprint density at radius 2 is 1.61 bits per heavy atom. The molecule has 0 saturated carbocycles. The van der Waals surface area contributed by atoms with Crippen LogP contribution in [0.1, 0.15) is 11.1 Å². The molecule has 1 saturated heterocycles. The van der Waals surface area contributed by atoms with Crippen LogP contribution in [0.5, 0.6) is 0 Å². The highest BCUT2D eigenvalue weighted by molar-refractivity contribution is 7.90. The first-order chi connectivity index (χ1) is 17.2. The van der Waals surface area contributed by atoms with E-state index in [-0.39, 0.29) is 18.0 Å². The van der Waals surface area contributed by atoms with Crippen molar-refractivity contribution >= 4 is 15.5 Å². The standard InChI is InChI=1S/C27H32N2O6S/c1-36(34,35)23-12-21(20-8-3-2-4-9-20)11-22(13-23)28-14-18-6-5-7-19(10-18)15-29-16-25(31)27(33)26(32)24(29)17-30/h2-13,24-28,30-33H,14-17H2,1H3/t24-,25+,26-,27-/m1/s1. The van der Waals surface area contributed by atoms with E-state index in [4.69, 9.17) is 0 Å². The zero-order valence-corrected chi connectivity index (χ0v) is 20.8. The van der Waals surface area contributed by atoms with Gasteiger partial charge in [-0.2, -0.15) is 0 Å². The molecule has 36 heavy (non-hydrogen) atoms. The third-order valence-corrected chi connectivity index (χ3v) is 7.62. The molecule has 1 aliphatic heterocycles. The van der Waals surface area contributed by atoms with Gasteiger partial charge < -0.3 is 25.7 Å². The van der Waals surface area contributed by atoms with Crippen LogP contribution in [0, 0.1) is 0 Å². The summed E-state index contributed by atoms with van der Waals surface area (Å²) in [6.45, 7) is 0.614. The number of hydrogen-bond acceptors (Lipinski definition) is 8. The summed E-state index contributed by atoms with van der Waals surface area (Å²) in [6, 6.07) is 21.9. The Morgan fingerprint density at radius 1 is 0.889 bits per heavy atom. The number of aliphatic hydroxyl groups excluding tert-OH is 4. The van der Waals surface area contributed by atoms with Crippen molar-refractivity contribution in [3.05, 3.63) is 83.9 Å². The molecule has 192 valence electrons. The molecule has 0 spiro atoms. The van der Waals surface area contributed by atoms with Crippen LogP contribution in [0.4, 0.5) is 5.69 Å². The third kappa shape index (κ3) is 6.12. The highest BCUT2D eigenvalue weighted by Gasteiger charge is 2.40. The smallest absolute Gasteiger partial charge is 0.175 e. The summed E-state index contributed by atoms with van der Waals surface area (Å²) in [5, 5.41) is 43.3. The van der Waals surface area contributed by atoms with Gasteiger partial charge in [0.25, 0.3) is 0 Å². The van der Waals surface area contributed by atoms with E-state index >= 15 is 0 Å². The van der Waals surface area contributed by atoms with Crippen molar-refractivity contribution in [2.24, 2.45) is 0 Å². The number of likely N-dealkylation sites (tertiary alicyclic amines) is 1. The number of benzene rings is 3. The summed E-state index contributed by atoms with van der Waals surface area (Å²) >= 11 is 0. The van der Waals surface area contributed by atoms with Crippen molar-refractivity contribution in [3.8, 4) is 11.1 Å². The highest BCUT2D eigenvalue weighted by Crippen LogP contribution is 2.28. The Labute approximate surface area is 211 Å². The first-order valence-corrected chi connectivity index (χ1v) is 13.7. The van der Waals surface area contributed by atoms with E-state index in [1.165, 1.54) is 6.26 Å². The molecular weight excluding hydrogens is 480 g/mol. The lowest BCUT2D eigenvalue weighted by molar-refractivity contribution is -0.147. The number of aliphatic hydroxyl groups is 4. The fourth-order valence-corrected chi connectivity index (χ4v) is 5.23. The quantitative estimate of drug-likeness (QED) is 0.308. The molecule has 3 aromatic carbocycles. The monoisotopic (exact) mass is 512 g/mol. The van der Waals surface area contributed by atoms with Gasteiger partial charge in [0.2, 0.25) is 0 Å². The molecule has 5 N–H and O–H groups in total. The van der Waals surface area contributed by atoms with E-state index in [1.807, 2.05) is 60.7 Å². The molecule has 1 fully saturated rings. The molecule has 0 aliphatic carbocycles. The number of piperidine rings is 1. The Hall–Kier alpha value is -2.79. The topological polar surface area (TPSA) is 130 Å². The molecule has 8 nitrogen and oxygen atoms in total. The Balaban J connectivity index is 1.51. The number of nitrogens with zero attached hydrogens (tertiary/aromatic N) is 1. The van der Waals surface area contributed by atoms with Crippen molar-refractivity contribution in [1.82, 2.24) is 4.90 Å². The minimum atomic E-state index is -3.41. The number of sulfone groups is 1. The maximum absolute atomic E-state index is 12.3. The summed E-state index contributed by atoms with van der Waals surface area (Å²) in [5.41, 5.74) is 4.27. The summed E-state index contributed by atoms with van der Waals surface area (Å²) in [4.78, 5) is 2.00. The summed E-state index contributed by atoms with van der Waals surface area (Å²) in [7, 11) is -3.41. The van der Waals surface area contributed by atoms with Crippen LogP contribution in [-0.2, 0) is 22.9 Å². The van der Waals surface area contributed by atoms with Crippen molar-refractivity contribution < 1.29 is 28.8 Å². The van der Waals surface area contributed by atoms with Gasteiger partial charge in [-0.05, 0) is 40.5 Å². The lowest BCUT2D eigenvalue weighted by atomic mass is 9.93. The molecule has 4 atom stereocenters. The van der Waals surface area contributed by atoms with Crippen molar-refractivity contribution in [2.45, 2.75) is 42.3 Å². The van der Waals surface area contributed by atoms with E-state index in [2.05, 4.69) is 5.32 Å². The molecule has 1 aliphatic rings. The van der Waals surface area contributed by atoms with E-state index in [1.54, 1.807) is 17.0 Å². The average molecular weight is 513 g/mol. The second-order valence-corrected chi connectivity index (χ2v) is 11.3. The van der Waals surface area contributed by atoms with Crippen molar-refractivity contribution in [3.63, 3.8) is 0 Å². The van der Waals surface area contributed by atoms with Crippen LogP contribution in [-0.4, -0.2) is 77.5 Å². The normalized spacial score (nSPS) is 22.9. The molecule has 3 aromatic rings. The molecule has 0 aromatic heterocycles. The second-order valence-electron chi connectivity index (χ2n) is 9.29. The molecule has 9 heteroatoms. The lowest BCUT2D eigenvalue weighted by Gasteiger charge is -2.43. The van der Waals surface area contributed by atoms with Gasteiger partial charge in [-0.25, -0.2) is 8.42 Å². The fourth-order valence-electron chi connectivity index (χ4n) is 4.55. The van der Waals surface area contributed by atoms with Crippen LogP contribution in [0.25, 0.3) is 11.1 Å². The molecule has 0 unspecified atom stereocenters. The molecule has 0 bridgehead atoms. The molecular formula is C27H32N2O6S. The van der Waals surface area contributed by atoms with E-state index in [0.717, 1.165) is 22.3 Å². The van der Waals surface area contributed by atoms with Crippen LogP contribution in [0.2, 0.25) is 0 Å². The number of hydrogen-bond donors (Lipinski definition) is 5.